The Morgan fingerprint density at radius 1 is 0.583 bits per heavy atom. The quantitative estimate of drug-likeness (QED) is 0.0203. The van der Waals surface area contributed by atoms with Crippen LogP contribution in [0.5, 0.6) is 0 Å². The fraction of sp³-hybridized carbons (Fsp3) is 0.632. The number of esters is 2. The Labute approximate surface area is 349 Å². The molecule has 0 spiro atoms. The van der Waals surface area contributed by atoms with Gasteiger partial charge in [-0.2, -0.15) is 0 Å². The number of rotatable bonds is 26. The summed E-state index contributed by atoms with van der Waals surface area (Å²) in [5.74, 6) is 22.7. The van der Waals surface area contributed by atoms with Crippen molar-refractivity contribution in [3.63, 3.8) is 0 Å². The minimum atomic E-state index is -5.58. The van der Waals surface area contributed by atoms with Gasteiger partial charge in [0.2, 0.25) is 0 Å². The van der Waals surface area contributed by atoms with Crippen LogP contribution in [-0.4, -0.2) is 108 Å². The minimum absolute atomic E-state index is 0.0858. The maximum Gasteiger partial charge on any atom is 0.472 e. The highest BCUT2D eigenvalue weighted by molar-refractivity contribution is 7.47. The predicted octanol–water partition coefficient (Wildman–Crippen LogP) is 2.13. The molecule has 5 unspecified atom stereocenters. The molecule has 1 aliphatic carbocycles. The molecule has 1 saturated carbocycles. The highest BCUT2D eigenvalue weighted by Gasteiger charge is 2.56. The van der Waals surface area contributed by atoms with Crippen molar-refractivity contribution in [3.05, 3.63) is 0 Å². The van der Waals surface area contributed by atoms with Crippen LogP contribution < -0.4 is 0 Å². The lowest BCUT2D eigenvalue weighted by atomic mass is 9.85. The van der Waals surface area contributed by atoms with Gasteiger partial charge in [0.25, 0.3) is 0 Å². The SMILES string of the molecule is C#CC#CC#CC#CC#CC#CC(=O)OC[C@H](COP(=O)(O)OC1C(O)[C@H](OP(=O)(O)O)C(O)C(OP(=O)(O)O)[C@@H]1O)OC(=O)CCCCCCCCCCCCCCC. The molecule has 60 heavy (non-hydrogen) atoms. The van der Waals surface area contributed by atoms with Gasteiger partial charge in [-0.3, -0.25) is 22.9 Å². The van der Waals surface area contributed by atoms with E-state index in [0.29, 0.717) is 12.8 Å². The molecule has 19 nitrogen and oxygen atoms in total. The number of aliphatic hydroxyl groups is 3. The van der Waals surface area contributed by atoms with Crippen LogP contribution in [0, 0.1) is 71.5 Å². The zero-order valence-corrected chi connectivity index (χ0v) is 35.5. The molecule has 0 heterocycles. The zero-order chi connectivity index (χ0) is 45.0. The molecule has 1 rings (SSSR count). The topological polar surface area (TPSA) is 303 Å². The van der Waals surface area contributed by atoms with Gasteiger partial charge in [-0.25, -0.2) is 18.5 Å². The van der Waals surface area contributed by atoms with E-state index >= 15 is 0 Å². The summed E-state index contributed by atoms with van der Waals surface area (Å²) in [5.41, 5.74) is 0. The Hall–Kier alpha value is -3.49. The fourth-order valence-corrected chi connectivity index (χ4v) is 7.52. The first-order valence-electron chi connectivity index (χ1n) is 18.8. The molecule has 0 aliphatic heterocycles. The van der Waals surface area contributed by atoms with E-state index < -0.39 is 91.3 Å². The zero-order valence-electron chi connectivity index (χ0n) is 32.8. The molecule has 0 amide bonds. The first-order valence-corrected chi connectivity index (χ1v) is 23.4. The number of hydrogen-bond acceptors (Lipinski definition) is 14. The number of hydrogen-bond donors (Lipinski definition) is 8. The van der Waals surface area contributed by atoms with Gasteiger partial charge in [0.15, 0.2) is 6.10 Å². The Balaban J connectivity index is 2.97. The third-order valence-corrected chi connectivity index (χ3v) is 10.2. The van der Waals surface area contributed by atoms with Crippen LogP contribution in [0.3, 0.4) is 0 Å². The molecule has 1 aliphatic rings. The molecule has 0 aromatic rings. The van der Waals surface area contributed by atoms with E-state index in [1.54, 1.807) is 0 Å². The molecule has 332 valence electrons. The molecule has 22 heteroatoms. The van der Waals surface area contributed by atoms with E-state index in [1.807, 2.05) is 5.92 Å². The second-order valence-electron chi connectivity index (χ2n) is 13.0. The Bertz CT molecular complexity index is 1840. The predicted molar refractivity (Wildman–Crippen MR) is 211 cm³/mol. The lowest BCUT2D eigenvalue weighted by molar-refractivity contribution is -0.213. The summed E-state index contributed by atoms with van der Waals surface area (Å²) in [6, 6.07) is 0. The number of carbonyl (C=O) groups excluding carboxylic acids is 2. The second kappa shape index (κ2) is 29.7. The number of unbranched alkanes of at least 4 members (excludes halogenated alkanes) is 12. The highest BCUT2D eigenvalue weighted by atomic mass is 31.2. The number of terminal acetylenes is 1. The Kier molecular flexibility index (Phi) is 27.0. The number of aliphatic hydroxyl groups excluding tert-OH is 3. The van der Waals surface area contributed by atoms with E-state index in [-0.39, 0.29) is 6.42 Å². The summed E-state index contributed by atoms with van der Waals surface area (Å²) in [4.78, 5) is 72.3. The summed E-state index contributed by atoms with van der Waals surface area (Å²) < 4.78 is 64.4. The summed E-state index contributed by atoms with van der Waals surface area (Å²) >= 11 is 0. The van der Waals surface area contributed by atoms with Crippen LogP contribution in [0.4, 0.5) is 0 Å². The average Bonchev–Trinajstić information content (AvgIpc) is 3.16. The first kappa shape index (κ1) is 54.5. The summed E-state index contributed by atoms with van der Waals surface area (Å²) in [5, 5.41) is 31.6. The van der Waals surface area contributed by atoms with E-state index in [2.05, 4.69) is 75.2 Å². The van der Waals surface area contributed by atoms with Crippen LogP contribution in [-0.2, 0) is 50.9 Å². The van der Waals surface area contributed by atoms with Crippen molar-refractivity contribution in [3.8, 4) is 71.5 Å². The van der Waals surface area contributed by atoms with Crippen molar-refractivity contribution < 1.29 is 90.6 Å². The third-order valence-electron chi connectivity index (χ3n) is 8.14. The van der Waals surface area contributed by atoms with Crippen LogP contribution in [0.15, 0.2) is 0 Å². The van der Waals surface area contributed by atoms with Crippen molar-refractivity contribution >= 4 is 35.4 Å². The summed E-state index contributed by atoms with van der Waals surface area (Å²) in [7, 11) is -16.7. The molecular formula is C38H51O19P3. The van der Waals surface area contributed by atoms with Gasteiger partial charge in [-0.15, -0.1) is 6.42 Å². The largest absolute Gasteiger partial charge is 0.472 e. The average molecular weight is 905 g/mol. The van der Waals surface area contributed by atoms with E-state index in [4.69, 9.17) is 24.9 Å². The maximum absolute atomic E-state index is 13.0. The first-order chi connectivity index (χ1) is 28.3. The van der Waals surface area contributed by atoms with Crippen LogP contribution in [0.2, 0.25) is 0 Å². The lowest BCUT2D eigenvalue weighted by Gasteiger charge is -2.44. The van der Waals surface area contributed by atoms with Crippen molar-refractivity contribution in [2.75, 3.05) is 13.2 Å². The number of ether oxygens (including phenoxy) is 2. The molecule has 0 aromatic heterocycles. The van der Waals surface area contributed by atoms with Gasteiger partial charge in [-0.05, 0) is 65.6 Å². The van der Waals surface area contributed by atoms with Gasteiger partial charge in [0, 0.05) is 12.3 Å². The van der Waals surface area contributed by atoms with E-state index in [9.17, 15) is 63.1 Å². The number of phosphoric acid groups is 3. The van der Waals surface area contributed by atoms with E-state index in [1.165, 1.54) is 44.9 Å². The van der Waals surface area contributed by atoms with Crippen molar-refractivity contribution in [1.82, 2.24) is 0 Å². The smallest absolute Gasteiger partial charge is 0.456 e. The standard InChI is InChI=1S/C38H51O19P3/c1-3-5-7-9-11-13-15-16-17-19-21-23-25-27-32(40)54-30(28-52-31(39)26-24-22-20-18-14-12-10-8-6-4-2)29-53-60(50,51)57-38-34(42)36(55-58(44,45)46)33(41)37(35(38)43)56-59(47,48)49/h2,30,33-38,41-43H,3,5,7,9,11,13,15-17,19,21,23,25,27-29H2,1H3,(H,50,51)(H2,44,45,46)(H2,47,48,49)/t30-,33?,34+,35?,36?,37-,38?/m1/s1. The van der Waals surface area contributed by atoms with Gasteiger partial charge in [-0.1, -0.05) is 84.0 Å². The maximum atomic E-state index is 13.0. The van der Waals surface area contributed by atoms with Crippen molar-refractivity contribution in [2.24, 2.45) is 0 Å². The molecule has 8 N–H and O–H groups in total. The second-order valence-corrected chi connectivity index (χ2v) is 16.8. The molecular weight excluding hydrogens is 853 g/mol. The molecule has 0 radical (unpaired) electrons. The third kappa shape index (κ3) is 26.0. The van der Waals surface area contributed by atoms with Gasteiger partial charge in [0.05, 0.1) is 6.61 Å². The Morgan fingerprint density at radius 2 is 0.983 bits per heavy atom. The van der Waals surface area contributed by atoms with Gasteiger partial charge >= 0.3 is 35.4 Å². The molecule has 0 aromatic carbocycles. The molecule has 1 fully saturated rings. The molecule has 0 bridgehead atoms. The van der Waals surface area contributed by atoms with Crippen molar-refractivity contribution in [1.29, 1.82) is 0 Å². The van der Waals surface area contributed by atoms with E-state index in [0.717, 1.165) is 25.7 Å². The summed E-state index contributed by atoms with van der Waals surface area (Å²) in [6.45, 7) is 0.339. The fourth-order valence-electron chi connectivity index (χ4n) is 5.41. The minimum Gasteiger partial charge on any atom is -0.456 e. The highest BCUT2D eigenvalue weighted by Crippen LogP contribution is 2.51. The molecule has 0 saturated heterocycles. The number of phosphoric ester groups is 3. The summed E-state index contributed by atoms with van der Waals surface area (Å²) in [6.07, 6.45) is 1.87. The monoisotopic (exact) mass is 904 g/mol. The number of carbonyl (C=O) groups is 2. The van der Waals surface area contributed by atoms with Crippen LogP contribution in [0.1, 0.15) is 96.8 Å². The van der Waals surface area contributed by atoms with Crippen LogP contribution >= 0.6 is 23.5 Å². The van der Waals surface area contributed by atoms with Gasteiger partial charge in [0.1, 0.15) is 43.2 Å². The normalized spacial score (nSPS) is 21.1. The van der Waals surface area contributed by atoms with Gasteiger partial charge < -0.3 is 49.3 Å². The Morgan fingerprint density at radius 3 is 1.42 bits per heavy atom. The lowest BCUT2D eigenvalue weighted by Crippen LogP contribution is -2.65. The molecule has 8 atom stereocenters. The van der Waals surface area contributed by atoms with Crippen LogP contribution in [0.25, 0.3) is 0 Å². The van der Waals surface area contributed by atoms with Crippen molar-refractivity contribution in [2.45, 2.75) is 140 Å².